The van der Waals surface area contributed by atoms with E-state index in [2.05, 4.69) is 60.7 Å². The van der Waals surface area contributed by atoms with Gasteiger partial charge in [0, 0.05) is 0 Å². The Labute approximate surface area is 153 Å². The van der Waals surface area contributed by atoms with Crippen LogP contribution in [0, 0.1) is 0 Å². The molecule has 0 amide bonds. The SMILES string of the molecule is c1ccc2c3c(ccc2c1)OC1(Oc2ccc4ccccc4c2S1)S3. The lowest BCUT2D eigenvalue weighted by atomic mass is 10.1. The molecule has 120 valence electrons. The van der Waals surface area contributed by atoms with Crippen LogP contribution < -0.4 is 9.47 Å². The highest BCUT2D eigenvalue weighted by Crippen LogP contribution is 2.63. The van der Waals surface area contributed by atoms with Gasteiger partial charge in [-0.1, -0.05) is 60.7 Å². The molecular weight excluding hydrogens is 348 g/mol. The zero-order valence-corrected chi connectivity index (χ0v) is 14.7. The molecule has 0 N–H and O–H groups in total. The van der Waals surface area contributed by atoms with Gasteiger partial charge in [0.15, 0.2) is 0 Å². The number of benzene rings is 4. The molecule has 0 atom stereocenters. The van der Waals surface area contributed by atoms with Crippen LogP contribution in [0.15, 0.2) is 82.6 Å². The molecule has 25 heavy (non-hydrogen) atoms. The maximum absolute atomic E-state index is 6.30. The second-order valence-electron chi connectivity index (χ2n) is 6.14. The topological polar surface area (TPSA) is 18.5 Å². The number of rotatable bonds is 0. The van der Waals surface area contributed by atoms with Gasteiger partial charge in [-0.25, -0.2) is 0 Å². The van der Waals surface area contributed by atoms with Gasteiger partial charge in [-0.05, 0) is 57.2 Å². The Bertz CT molecular complexity index is 1080. The molecule has 4 heteroatoms. The van der Waals surface area contributed by atoms with Crippen molar-refractivity contribution in [2.24, 2.45) is 0 Å². The summed E-state index contributed by atoms with van der Waals surface area (Å²) in [6.45, 7) is 0. The fourth-order valence-electron chi connectivity index (χ4n) is 3.46. The highest BCUT2D eigenvalue weighted by Gasteiger charge is 2.50. The van der Waals surface area contributed by atoms with E-state index in [-0.39, 0.29) is 0 Å². The lowest BCUT2D eigenvalue weighted by molar-refractivity contribution is 0.0640. The monoisotopic (exact) mass is 360 g/mol. The first kappa shape index (κ1) is 13.9. The lowest BCUT2D eigenvalue weighted by Crippen LogP contribution is -2.28. The van der Waals surface area contributed by atoms with Gasteiger partial charge in [0.2, 0.25) is 0 Å². The van der Waals surface area contributed by atoms with Crippen molar-refractivity contribution in [1.29, 1.82) is 0 Å². The molecule has 0 saturated heterocycles. The second-order valence-corrected chi connectivity index (χ2v) is 8.69. The van der Waals surface area contributed by atoms with Crippen LogP contribution in [0.2, 0.25) is 0 Å². The van der Waals surface area contributed by atoms with E-state index in [0.29, 0.717) is 0 Å². The van der Waals surface area contributed by atoms with Crippen LogP contribution >= 0.6 is 23.5 Å². The second kappa shape index (κ2) is 4.87. The molecule has 1 spiro atoms. The average molecular weight is 360 g/mol. The summed E-state index contributed by atoms with van der Waals surface area (Å²) < 4.78 is 11.8. The fourth-order valence-corrected chi connectivity index (χ4v) is 6.17. The van der Waals surface area contributed by atoms with Gasteiger partial charge in [-0.3, -0.25) is 0 Å². The highest BCUT2D eigenvalue weighted by atomic mass is 32.2. The molecule has 2 aliphatic rings. The molecule has 4 aromatic rings. The summed E-state index contributed by atoms with van der Waals surface area (Å²) in [7, 11) is 0. The van der Waals surface area contributed by atoms with Crippen LogP contribution in [0.25, 0.3) is 21.5 Å². The molecule has 0 saturated carbocycles. The molecule has 0 radical (unpaired) electrons. The summed E-state index contributed by atoms with van der Waals surface area (Å²) in [6, 6.07) is 25.1. The number of hydrogen-bond acceptors (Lipinski definition) is 4. The maximum atomic E-state index is 6.30. The molecule has 0 aliphatic carbocycles. The smallest absolute Gasteiger partial charge is 0.363 e. The summed E-state index contributed by atoms with van der Waals surface area (Å²) >= 11 is 3.32. The third kappa shape index (κ3) is 1.95. The van der Waals surface area contributed by atoms with Crippen molar-refractivity contribution < 1.29 is 9.47 Å². The van der Waals surface area contributed by atoms with Gasteiger partial charge in [0.1, 0.15) is 11.5 Å². The van der Waals surface area contributed by atoms with Gasteiger partial charge in [-0.2, -0.15) is 0 Å². The number of fused-ring (bicyclic) bond motifs is 6. The molecule has 0 aromatic heterocycles. The van der Waals surface area contributed by atoms with Crippen molar-refractivity contribution in [2.45, 2.75) is 14.2 Å². The van der Waals surface area contributed by atoms with E-state index in [1.165, 1.54) is 21.5 Å². The first-order valence-corrected chi connectivity index (χ1v) is 9.74. The van der Waals surface area contributed by atoms with E-state index in [1.54, 1.807) is 23.5 Å². The van der Waals surface area contributed by atoms with Crippen LogP contribution in [0.5, 0.6) is 11.5 Å². The molecule has 0 bridgehead atoms. The highest BCUT2D eigenvalue weighted by molar-refractivity contribution is 8.18. The molecule has 0 unspecified atom stereocenters. The number of thioether (sulfide) groups is 2. The zero-order chi connectivity index (χ0) is 16.4. The van der Waals surface area contributed by atoms with Crippen LogP contribution in [-0.2, 0) is 0 Å². The third-order valence-electron chi connectivity index (χ3n) is 4.61. The van der Waals surface area contributed by atoms with Gasteiger partial charge in [-0.15, -0.1) is 0 Å². The normalized spacial score (nSPS) is 16.6. The first-order valence-electron chi connectivity index (χ1n) is 8.11. The maximum Gasteiger partial charge on any atom is 0.363 e. The standard InChI is InChI=1S/C21H12O2S2/c1-3-7-15-13(5-1)9-11-17-19(15)24-21(22-17)23-18-12-10-14-6-2-4-8-16(14)20(18)25-21/h1-12H. The minimum atomic E-state index is -0.765. The van der Waals surface area contributed by atoms with Crippen molar-refractivity contribution in [2.75, 3.05) is 0 Å². The summed E-state index contributed by atoms with van der Waals surface area (Å²) in [5.41, 5.74) is 0. The molecule has 0 fully saturated rings. The van der Waals surface area contributed by atoms with E-state index in [1.807, 2.05) is 12.1 Å². The quantitative estimate of drug-likeness (QED) is 0.367. The minimum absolute atomic E-state index is 0.765. The van der Waals surface area contributed by atoms with Crippen LogP contribution in [-0.4, -0.2) is 4.45 Å². The number of ether oxygens (including phenoxy) is 2. The molecule has 2 heterocycles. The van der Waals surface area contributed by atoms with Gasteiger partial charge < -0.3 is 9.47 Å². The van der Waals surface area contributed by atoms with E-state index >= 15 is 0 Å². The summed E-state index contributed by atoms with van der Waals surface area (Å²) in [5, 5.41) is 4.87. The average Bonchev–Trinajstić information content (AvgIpc) is 3.21. The first-order chi connectivity index (χ1) is 12.3. The summed E-state index contributed by atoms with van der Waals surface area (Å²) in [4.78, 5) is 2.31. The molecular formula is C21H12O2S2. The number of hydrogen-bond donors (Lipinski definition) is 0. The Morgan fingerprint density at radius 2 is 1.04 bits per heavy atom. The zero-order valence-electron chi connectivity index (χ0n) is 13.1. The van der Waals surface area contributed by atoms with Crippen LogP contribution in [0.1, 0.15) is 0 Å². The molecule has 2 nitrogen and oxygen atoms in total. The van der Waals surface area contributed by atoms with Crippen molar-refractivity contribution in [3.05, 3.63) is 72.8 Å². The van der Waals surface area contributed by atoms with Crippen molar-refractivity contribution in [3.8, 4) is 11.5 Å². The largest absolute Gasteiger partial charge is 0.433 e. The molecule has 4 aromatic carbocycles. The predicted octanol–water partition coefficient (Wildman–Crippen LogP) is 6.27. The van der Waals surface area contributed by atoms with Crippen molar-refractivity contribution in [1.82, 2.24) is 0 Å². The van der Waals surface area contributed by atoms with Gasteiger partial charge >= 0.3 is 4.45 Å². The molecule has 2 aliphatic heterocycles. The third-order valence-corrected chi connectivity index (χ3v) is 7.19. The Hall–Kier alpha value is -2.30. The van der Waals surface area contributed by atoms with E-state index < -0.39 is 4.45 Å². The minimum Gasteiger partial charge on any atom is -0.433 e. The van der Waals surface area contributed by atoms with E-state index in [4.69, 9.17) is 9.47 Å². The Morgan fingerprint density at radius 3 is 1.56 bits per heavy atom. The van der Waals surface area contributed by atoms with Crippen molar-refractivity contribution in [3.63, 3.8) is 0 Å². The van der Waals surface area contributed by atoms with E-state index in [9.17, 15) is 0 Å². The Morgan fingerprint density at radius 1 is 0.560 bits per heavy atom. The summed E-state index contributed by atoms with van der Waals surface area (Å²) in [6.07, 6.45) is 0. The van der Waals surface area contributed by atoms with Crippen molar-refractivity contribution >= 4 is 45.1 Å². The van der Waals surface area contributed by atoms with E-state index in [0.717, 1.165) is 21.3 Å². The van der Waals surface area contributed by atoms with Crippen LogP contribution in [0.3, 0.4) is 0 Å². The van der Waals surface area contributed by atoms with Crippen LogP contribution in [0.4, 0.5) is 0 Å². The van der Waals surface area contributed by atoms with Gasteiger partial charge in [0.25, 0.3) is 0 Å². The van der Waals surface area contributed by atoms with Gasteiger partial charge in [0.05, 0.1) is 9.79 Å². The Kier molecular flexibility index (Phi) is 2.71. The lowest BCUT2D eigenvalue weighted by Gasteiger charge is -2.19. The fraction of sp³-hybridized carbons (Fsp3) is 0.0476. The summed E-state index contributed by atoms with van der Waals surface area (Å²) in [5.74, 6) is 1.79. The molecule has 6 rings (SSSR count). The Balaban J connectivity index is 1.48. The predicted molar refractivity (Wildman–Crippen MR) is 104 cm³/mol.